The Morgan fingerprint density at radius 1 is 1.19 bits per heavy atom. The SMILES string of the molecule is CCc1ccccc1C(=O)N[C@H]1c2ccccc2C[C@H]1O. The van der Waals surface area contributed by atoms with Gasteiger partial charge in [0.2, 0.25) is 0 Å². The van der Waals surface area contributed by atoms with Crippen molar-refractivity contribution in [3.8, 4) is 0 Å². The Morgan fingerprint density at radius 3 is 2.71 bits per heavy atom. The van der Waals surface area contributed by atoms with Crippen LogP contribution in [0, 0.1) is 0 Å². The first kappa shape index (κ1) is 13.8. The van der Waals surface area contributed by atoms with Gasteiger partial charge in [-0.3, -0.25) is 4.79 Å². The topological polar surface area (TPSA) is 49.3 Å². The number of carbonyl (C=O) groups excluding carboxylic acids is 1. The van der Waals surface area contributed by atoms with E-state index in [2.05, 4.69) is 5.32 Å². The molecule has 2 aromatic rings. The van der Waals surface area contributed by atoms with Gasteiger partial charge in [-0.15, -0.1) is 0 Å². The Kier molecular flexibility index (Phi) is 3.76. The van der Waals surface area contributed by atoms with Gasteiger partial charge in [-0.05, 0) is 29.2 Å². The molecule has 2 atom stereocenters. The summed E-state index contributed by atoms with van der Waals surface area (Å²) in [4.78, 5) is 12.5. The van der Waals surface area contributed by atoms with Crippen LogP contribution in [0.15, 0.2) is 48.5 Å². The molecular weight excluding hydrogens is 262 g/mol. The fraction of sp³-hybridized carbons (Fsp3) is 0.278. The van der Waals surface area contributed by atoms with Crippen LogP contribution in [0.3, 0.4) is 0 Å². The fourth-order valence-corrected chi connectivity index (χ4v) is 3.02. The summed E-state index contributed by atoms with van der Waals surface area (Å²) >= 11 is 0. The fourth-order valence-electron chi connectivity index (χ4n) is 3.02. The van der Waals surface area contributed by atoms with Crippen LogP contribution >= 0.6 is 0 Å². The lowest BCUT2D eigenvalue weighted by atomic mass is 10.0. The second-order valence-corrected chi connectivity index (χ2v) is 5.43. The number of rotatable bonds is 3. The number of aliphatic hydroxyl groups is 1. The molecule has 3 heteroatoms. The molecule has 0 unspecified atom stereocenters. The van der Waals surface area contributed by atoms with Crippen molar-refractivity contribution in [2.24, 2.45) is 0 Å². The van der Waals surface area contributed by atoms with Crippen molar-refractivity contribution < 1.29 is 9.90 Å². The lowest BCUT2D eigenvalue weighted by molar-refractivity contribution is 0.0857. The molecule has 0 fully saturated rings. The van der Waals surface area contributed by atoms with Crippen molar-refractivity contribution >= 4 is 5.91 Å². The van der Waals surface area contributed by atoms with Crippen LogP contribution in [0.4, 0.5) is 0 Å². The zero-order valence-corrected chi connectivity index (χ0v) is 12.0. The molecule has 21 heavy (non-hydrogen) atoms. The minimum Gasteiger partial charge on any atom is -0.390 e. The molecule has 0 radical (unpaired) electrons. The molecule has 1 amide bonds. The smallest absolute Gasteiger partial charge is 0.252 e. The van der Waals surface area contributed by atoms with Crippen molar-refractivity contribution in [2.75, 3.05) is 0 Å². The van der Waals surface area contributed by atoms with E-state index < -0.39 is 6.10 Å². The van der Waals surface area contributed by atoms with Crippen LogP contribution in [-0.2, 0) is 12.8 Å². The lowest BCUT2D eigenvalue weighted by Gasteiger charge is -2.19. The maximum atomic E-state index is 12.5. The van der Waals surface area contributed by atoms with Crippen LogP contribution in [-0.4, -0.2) is 17.1 Å². The van der Waals surface area contributed by atoms with Gasteiger partial charge in [0.05, 0.1) is 12.1 Å². The largest absolute Gasteiger partial charge is 0.390 e. The Balaban J connectivity index is 1.85. The molecular formula is C18H19NO2. The number of fused-ring (bicyclic) bond motifs is 1. The molecule has 0 aromatic heterocycles. The first-order chi connectivity index (χ1) is 10.2. The number of hydrogen-bond acceptors (Lipinski definition) is 2. The number of aliphatic hydroxyl groups excluding tert-OH is 1. The second kappa shape index (κ2) is 5.70. The van der Waals surface area contributed by atoms with Gasteiger partial charge in [-0.25, -0.2) is 0 Å². The first-order valence-electron chi connectivity index (χ1n) is 7.35. The van der Waals surface area contributed by atoms with Gasteiger partial charge >= 0.3 is 0 Å². The van der Waals surface area contributed by atoms with Gasteiger partial charge in [0.25, 0.3) is 5.91 Å². The van der Waals surface area contributed by atoms with E-state index in [-0.39, 0.29) is 11.9 Å². The standard InChI is InChI=1S/C18H19NO2/c1-2-12-7-3-6-10-15(12)18(21)19-17-14-9-5-4-8-13(14)11-16(17)20/h3-10,16-17,20H,2,11H2,1H3,(H,19,21)/t16-,17+/m1/s1. The summed E-state index contributed by atoms with van der Waals surface area (Å²) in [6.45, 7) is 2.03. The summed E-state index contributed by atoms with van der Waals surface area (Å²) in [5.41, 5.74) is 3.85. The van der Waals surface area contributed by atoms with Crippen molar-refractivity contribution in [3.05, 3.63) is 70.8 Å². The van der Waals surface area contributed by atoms with Gasteiger partial charge in [0.1, 0.15) is 0 Å². The number of carbonyl (C=O) groups is 1. The lowest BCUT2D eigenvalue weighted by Crippen LogP contribution is -2.34. The van der Waals surface area contributed by atoms with E-state index in [0.717, 1.165) is 23.1 Å². The highest BCUT2D eigenvalue weighted by molar-refractivity contribution is 5.96. The molecule has 0 saturated carbocycles. The number of hydrogen-bond donors (Lipinski definition) is 2. The van der Waals surface area contributed by atoms with Gasteiger partial charge in [-0.2, -0.15) is 0 Å². The third-order valence-electron chi connectivity index (χ3n) is 4.13. The Hall–Kier alpha value is -2.13. The Labute approximate surface area is 124 Å². The minimum atomic E-state index is -0.555. The van der Waals surface area contributed by atoms with E-state index in [1.165, 1.54) is 0 Å². The van der Waals surface area contributed by atoms with Gasteiger partial charge in [-0.1, -0.05) is 49.4 Å². The molecule has 0 spiro atoms. The van der Waals surface area contributed by atoms with Gasteiger partial charge in [0, 0.05) is 12.0 Å². The molecule has 2 aromatic carbocycles. The molecule has 2 N–H and O–H groups in total. The molecule has 108 valence electrons. The highest BCUT2D eigenvalue weighted by Gasteiger charge is 2.32. The maximum Gasteiger partial charge on any atom is 0.252 e. The summed E-state index contributed by atoms with van der Waals surface area (Å²) in [6.07, 6.45) is 0.851. The van der Waals surface area contributed by atoms with E-state index in [0.29, 0.717) is 12.0 Å². The molecule has 0 saturated heterocycles. The second-order valence-electron chi connectivity index (χ2n) is 5.43. The van der Waals surface area contributed by atoms with E-state index in [1.54, 1.807) is 0 Å². The van der Waals surface area contributed by atoms with Crippen molar-refractivity contribution in [1.29, 1.82) is 0 Å². The van der Waals surface area contributed by atoms with Crippen LogP contribution in [0.1, 0.15) is 40.0 Å². The summed E-state index contributed by atoms with van der Waals surface area (Å²) in [5, 5.41) is 13.2. The normalized spacial score (nSPS) is 20.1. The molecule has 0 bridgehead atoms. The molecule has 3 nitrogen and oxygen atoms in total. The molecule has 0 aliphatic heterocycles. The highest BCUT2D eigenvalue weighted by Crippen LogP contribution is 2.31. The molecule has 1 aliphatic carbocycles. The van der Waals surface area contributed by atoms with E-state index >= 15 is 0 Å². The quantitative estimate of drug-likeness (QED) is 0.908. The highest BCUT2D eigenvalue weighted by atomic mass is 16.3. The maximum absolute atomic E-state index is 12.5. The summed E-state index contributed by atoms with van der Waals surface area (Å²) in [7, 11) is 0. The summed E-state index contributed by atoms with van der Waals surface area (Å²) in [5.74, 6) is -0.117. The van der Waals surface area contributed by atoms with Gasteiger partial charge < -0.3 is 10.4 Å². The zero-order chi connectivity index (χ0) is 14.8. The van der Waals surface area contributed by atoms with Crippen LogP contribution < -0.4 is 5.32 Å². The van der Waals surface area contributed by atoms with Crippen LogP contribution in [0.25, 0.3) is 0 Å². The predicted octanol–water partition coefficient (Wildman–Crippen LogP) is 2.64. The average molecular weight is 281 g/mol. The minimum absolute atomic E-state index is 0.117. The molecule has 0 heterocycles. The van der Waals surface area contributed by atoms with Crippen LogP contribution in [0.2, 0.25) is 0 Å². The molecule has 1 aliphatic rings. The third-order valence-corrected chi connectivity index (χ3v) is 4.13. The van der Waals surface area contributed by atoms with Crippen molar-refractivity contribution in [3.63, 3.8) is 0 Å². The van der Waals surface area contributed by atoms with E-state index in [9.17, 15) is 9.90 Å². The molecule has 3 rings (SSSR count). The van der Waals surface area contributed by atoms with Crippen LogP contribution in [0.5, 0.6) is 0 Å². The number of benzene rings is 2. The summed E-state index contributed by atoms with van der Waals surface area (Å²) in [6, 6.07) is 15.2. The Bertz CT molecular complexity index is 666. The Morgan fingerprint density at radius 2 is 1.90 bits per heavy atom. The number of nitrogens with one attached hydrogen (secondary N) is 1. The van der Waals surface area contributed by atoms with Crippen molar-refractivity contribution in [2.45, 2.75) is 31.9 Å². The van der Waals surface area contributed by atoms with E-state index in [4.69, 9.17) is 0 Å². The monoisotopic (exact) mass is 281 g/mol. The predicted molar refractivity (Wildman–Crippen MR) is 82.2 cm³/mol. The van der Waals surface area contributed by atoms with Crippen molar-refractivity contribution in [1.82, 2.24) is 5.32 Å². The third kappa shape index (κ3) is 2.57. The van der Waals surface area contributed by atoms with Gasteiger partial charge in [0.15, 0.2) is 0 Å². The number of amides is 1. The zero-order valence-electron chi connectivity index (χ0n) is 12.0. The number of aryl methyl sites for hydroxylation is 1. The first-order valence-corrected chi connectivity index (χ1v) is 7.35. The average Bonchev–Trinajstić information content (AvgIpc) is 2.83. The summed E-state index contributed by atoms with van der Waals surface area (Å²) < 4.78 is 0. The van der Waals surface area contributed by atoms with E-state index in [1.807, 2.05) is 55.5 Å².